The molecule has 0 aliphatic rings. The molecule has 0 radical (unpaired) electrons. The van der Waals surface area contributed by atoms with Crippen LogP contribution >= 0.6 is 0 Å². The number of alkyl halides is 2. The highest BCUT2D eigenvalue weighted by Crippen LogP contribution is 2.29. The van der Waals surface area contributed by atoms with Crippen molar-refractivity contribution in [2.75, 3.05) is 0 Å². The zero-order valence-electron chi connectivity index (χ0n) is 8.37. The number of halogens is 2. The Balaban J connectivity index is 3.69. The lowest BCUT2D eigenvalue weighted by atomic mass is 9.97. The fourth-order valence-electron chi connectivity index (χ4n) is 1.19. The van der Waals surface area contributed by atoms with Gasteiger partial charge in [-0.15, -0.1) is 0 Å². The molecule has 0 N–H and O–H groups in total. The average molecular weight is 178 g/mol. The highest BCUT2D eigenvalue weighted by Gasteiger charge is 2.29. The summed E-state index contributed by atoms with van der Waals surface area (Å²) in [6, 6.07) is 0. The van der Waals surface area contributed by atoms with E-state index in [1.54, 1.807) is 0 Å². The van der Waals surface area contributed by atoms with Crippen LogP contribution in [0.2, 0.25) is 0 Å². The van der Waals surface area contributed by atoms with Crippen molar-refractivity contribution in [1.82, 2.24) is 0 Å². The van der Waals surface area contributed by atoms with Gasteiger partial charge in [0.25, 0.3) is 0 Å². The minimum Gasteiger partial charge on any atom is -0.207 e. The molecule has 2 heteroatoms. The van der Waals surface area contributed by atoms with Crippen molar-refractivity contribution >= 4 is 0 Å². The normalized spacial score (nSPS) is 14.8. The summed E-state index contributed by atoms with van der Waals surface area (Å²) in [5.41, 5.74) is 0. The van der Waals surface area contributed by atoms with Crippen LogP contribution in [0.15, 0.2) is 0 Å². The van der Waals surface area contributed by atoms with Crippen LogP contribution in [0.5, 0.6) is 0 Å². The second-order valence-electron chi connectivity index (χ2n) is 3.68. The van der Waals surface area contributed by atoms with Gasteiger partial charge in [-0.25, -0.2) is 8.78 Å². The Hall–Kier alpha value is -0.140. The Morgan fingerprint density at radius 2 is 1.83 bits per heavy atom. The van der Waals surface area contributed by atoms with Crippen molar-refractivity contribution in [3.63, 3.8) is 0 Å². The summed E-state index contributed by atoms with van der Waals surface area (Å²) in [5, 5.41) is 0. The Bertz CT molecular complexity index is 110. The highest BCUT2D eigenvalue weighted by atomic mass is 19.3. The van der Waals surface area contributed by atoms with E-state index in [1.165, 1.54) is 0 Å². The van der Waals surface area contributed by atoms with Crippen LogP contribution in [0.4, 0.5) is 8.78 Å². The standard InChI is InChI=1S/C10H20F2/c1-4-6-7-10(11,12)8-9(3)5-2/h9H,4-8H2,1-3H3. The Kier molecular flexibility index (Phi) is 5.43. The summed E-state index contributed by atoms with van der Waals surface area (Å²) < 4.78 is 26.1. The summed E-state index contributed by atoms with van der Waals surface area (Å²) >= 11 is 0. The largest absolute Gasteiger partial charge is 0.248 e. The predicted octanol–water partition coefficient (Wildman–Crippen LogP) is 4.25. The molecular formula is C10H20F2. The molecule has 0 aliphatic carbocycles. The molecule has 0 fully saturated rings. The van der Waals surface area contributed by atoms with Gasteiger partial charge in [0.1, 0.15) is 0 Å². The van der Waals surface area contributed by atoms with E-state index in [2.05, 4.69) is 0 Å². The van der Waals surface area contributed by atoms with Crippen molar-refractivity contribution in [2.45, 2.75) is 58.8 Å². The van der Waals surface area contributed by atoms with E-state index in [-0.39, 0.29) is 18.8 Å². The number of hydrogen-bond donors (Lipinski definition) is 0. The second-order valence-corrected chi connectivity index (χ2v) is 3.68. The molecule has 0 rings (SSSR count). The number of hydrogen-bond acceptors (Lipinski definition) is 0. The molecule has 12 heavy (non-hydrogen) atoms. The zero-order chi connectivity index (χ0) is 9.61. The van der Waals surface area contributed by atoms with Gasteiger partial charge in [-0.1, -0.05) is 33.6 Å². The topological polar surface area (TPSA) is 0 Å². The fraction of sp³-hybridized carbons (Fsp3) is 1.00. The van der Waals surface area contributed by atoms with E-state index in [4.69, 9.17) is 0 Å². The van der Waals surface area contributed by atoms with Crippen molar-refractivity contribution in [3.05, 3.63) is 0 Å². The van der Waals surface area contributed by atoms with Gasteiger partial charge in [-0.05, 0) is 12.3 Å². The summed E-state index contributed by atoms with van der Waals surface area (Å²) in [4.78, 5) is 0. The fourth-order valence-corrected chi connectivity index (χ4v) is 1.19. The lowest BCUT2D eigenvalue weighted by Gasteiger charge is -2.19. The van der Waals surface area contributed by atoms with Gasteiger partial charge >= 0.3 is 0 Å². The lowest BCUT2D eigenvalue weighted by molar-refractivity contribution is -0.0310. The molecule has 1 unspecified atom stereocenters. The van der Waals surface area contributed by atoms with Crippen LogP contribution in [0, 0.1) is 5.92 Å². The molecule has 0 aromatic rings. The van der Waals surface area contributed by atoms with Gasteiger partial charge in [0.15, 0.2) is 0 Å². The maximum Gasteiger partial charge on any atom is 0.248 e. The molecule has 0 aromatic carbocycles. The van der Waals surface area contributed by atoms with Crippen LogP contribution in [0.25, 0.3) is 0 Å². The van der Waals surface area contributed by atoms with Crippen LogP contribution in [0.3, 0.4) is 0 Å². The molecule has 0 heterocycles. The van der Waals surface area contributed by atoms with Crippen molar-refractivity contribution < 1.29 is 8.78 Å². The molecule has 0 aliphatic heterocycles. The molecule has 0 aromatic heterocycles. The quantitative estimate of drug-likeness (QED) is 0.570. The minimum absolute atomic E-state index is 0.0590. The molecule has 0 bridgehead atoms. The first-order chi connectivity index (χ1) is 5.52. The van der Waals surface area contributed by atoms with Crippen molar-refractivity contribution in [1.29, 1.82) is 0 Å². The van der Waals surface area contributed by atoms with Crippen molar-refractivity contribution in [2.24, 2.45) is 5.92 Å². The molecule has 0 saturated heterocycles. The molecule has 0 saturated carbocycles. The van der Waals surface area contributed by atoms with E-state index in [1.807, 2.05) is 20.8 Å². The Morgan fingerprint density at radius 1 is 1.25 bits per heavy atom. The highest BCUT2D eigenvalue weighted by molar-refractivity contribution is 4.69. The molecule has 0 amide bonds. The Morgan fingerprint density at radius 3 is 2.25 bits per heavy atom. The third-order valence-electron chi connectivity index (χ3n) is 2.24. The summed E-state index contributed by atoms with van der Waals surface area (Å²) in [5.74, 6) is -2.28. The maximum atomic E-state index is 13.0. The molecule has 0 spiro atoms. The third kappa shape index (κ3) is 5.50. The van der Waals surface area contributed by atoms with Gasteiger partial charge in [0.05, 0.1) is 0 Å². The van der Waals surface area contributed by atoms with Gasteiger partial charge in [0.2, 0.25) is 5.92 Å². The SMILES string of the molecule is CCCCC(F)(F)CC(C)CC. The van der Waals surface area contributed by atoms with Crippen LogP contribution in [-0.2, 0) is 0 Å². The number of unbranched alkanes of at least 4 members (excludes halogenated alkanes) is 1. The summed E-state index contributed by atoms with van der Waals surface area (Å²) in [6.45, 7) is 5.79. The molecule has 74 valence electrons. The number of rotatable bonds is 6. The average Bonchev–Trinajstić information content (AvgIpc) is 2.00. The first-order valence-corrected chi connectivity index (χ1v) is 4.89. The lowest BCUT2D eigenvalue weighted by Crippen LogP contribution is -2.19. The molecular weight excluding hydrogens is 158 g/mol. The van der Waals surface area contributed by atoms with Gasteiger partial charge in [-0.2, -0.15) is 0 Å². The zero-order valence-corrected chi connectivity index (χ0v) is 8.37. The smallest absolute Gasteiger partial charge is 0.207 e. The summed E-state index contributed by atoms with van der Waals surface area (Å²) in [6.07, 6.45) is 2.47. The first kappa shape index (κ1) is 11.9. The summed E-state index contributed by atoms with van der Waals surface area (Å²) in [7, 11) is 0. The maximum absolute atomic E-state index is 13.0. The first-order valence-electron chi connectivity index (χ1n) is 4.89. The van der Waals surface area contributed by atoms with E-state index in [0.29, 0.717) is 6.42 Å². The monoisotopic (exact) mass is 178 g/mol. The van der Waals surface area contributed by atoms with Gasteiger partial charge in [-0.3, -0.25) is 0 Å². The van der Waals surface area contributed by atoms with E-state index in [9.17, 15) is 8.78 Å². The van der Waals surface area contributed by atoms with Crippen LogP contribution < -0.4 is 0 Å². The van der Waals surface area contributed by atoms with E-state index < -0.39 is 5.92 Å². The van der Waals surface area contributed by atoms with Crippen molar-refractivity contribution in [3.8, 4) is 0 Å². The van der Waals surface area contributed by atoms with Gasteiger partial charge in [0, 0.05) is 12.8 Å². The Labute approximate surface area is 74.4 Å². The van der Waals surface area contributed by atoms with E-state index >= 15 is 0 Å². The third-order valence-corrected chi connectivity index (χ3v) is 2.24. The minimum atomic E-state index is -2.43. The van der Waals surface area contributed by atoms with Crippen LogP contribution in [-0.4, -0.2) is 5.92 Å². The van der Waals surface area contributed by atoms with E-state index in [0.717, 1.165) is 12.8 Å². The molecule has 1 atom stereocenters. The predicted molar refractivity (Wildman–Crippen MR) is 48.5 cm³/mol. The molecule has 0 nitrogen and oxygen atoms in total. The van der Waals surface area contributed by atoms with Gasteiger partial charge < -0.3 is 0 Å². The second kappa shape index (κ2) is 5.50. The van der Waals surface area contributed by atoms with Crippen LogP contribution in [0.1, 0.15) is 52.9 Å².